The highest BCUT2D eigenvalue weighted by molar-refractivity contribution is 7.20. The molecule has 6 rings (SSSR count). The molecule has 0 radical (unpaired) electrons. The van der Waals surface area contributed by atoms with Crippen molar-refractivity contribution in [1.29, 1.82) is 0 Å². The summed E-state index contributed by atoms with van der Waals surface area (Å²) in [5, 5.41) is 0.456. The number of rotatable bonds is 6. The van der Waals surface area contributed by atoms with Crippen LogP contribution < -0.4 is 4.90 Å². The molecule has 0 N–H and O–H groups in total. The van der Waals surface area contributed by atoms with Gasteiger partial charge in [-0.2, -0.15) is 0 Å². The SMILES string of the molecule is C.O=C(c1nc2ccccc2s1)N(c1ccccc1)C(c1ccccc1)(c1ccccc1)c1ccccc1. The molecule has 0 spiro atoms. The van der Waals surface area contributed by atoms with Crippen LogP contribution in [0.15, 0.2) is 146 Å². The van der Waals surface area contributed by atoms with Crippen molar-refractivity contribution in [2.75, 3.05) is 4.90 Å². The van der Waals surface area contributed by atoms with Crippen LogP contribution in [0, 0.1) is 0 Å². The zero-order valence-electron chi connectivity index (χ0n) is 20.1. The molecule has 4 heteroatoms. The third kappa shape index (κ3) is 4.29. The first kappa shape index (κ1) is 25.1. The Labute approximate surface area is 227 Å². The molecule has 5 aromatic carbocycles. The van der Waals surface area contributed by atoms with Crippen LogP contribution in [0.4, 0.5) is 5.69 Å². The highest BCUT2D eigenvalue weighted by atomic mass is 32.1. The van der Waals surface area contributed by atoms with Gasteiger partial charge in [-0.3, -0.25) is 9.69 Å². The molecule has 0 atom stereocenters. The van der Waals surface area contributed by atoms with Crippen LogP contribution in [0.5, 0.6) is 0 Å². The van der Waals surface area contributed by atoms with Gasteiger partial charge >= 0.3 is 0 Å². The number of para-hydroxylation sites is 2. The first-order valence-corrected chi connectivity index (χ1v) is 13.0. The lowest BCUT2D eigenvalue weighted by Crippen LogP contribution is -2.51. The van der Waals surface area contributed by atoms with E-state index in [0.717, 1.165) is 32.6 Å². The van der Waals surface area contributed by atoms with E-state index in [4.69, 9.17) is 4.98 Å². The molecule has 0 saturated heterocycles. The molecule has 0 bridgehead atoms. The lowest BCUT2D eigenvalue weighted by Gasteiger charge is -2.45. The maximum absolute atomic E-state index is 14.8. The van der Waals surface area contributed by atoms with Crippen LogP contribution in [0.2, 0.25) is 0 Å². The monoisotopic (exact) mass is 512 g/mol. The minimum absolute atomic E-state index is 0. The van der Waals surface area contributed by atoms with E-state index in [0.29, 0.717) is 5.01 Å². The van der Waals surface area contributed by atoms with Crippen molar-refractivity contribution in [2.45, 2.75) is 13.0 Å². The van der Waals surface area contributed by atoms with E-state index >= 15 is 0 Å². The van der Waals surface area contributed by atoms with Gasteiger partial charge in [0, 0.05) is 5.69 Å². The number of nitrogens with zero attached hydrogens (tertiary/aromatic N) is 2. The molecule has 0 aliphatic heterocycles. The number of amides is 1. The van der Waals surface area contributed by atoms with E-state index in [1.807, 2.05) is 114 Å². The van der Waals surface area contributed by atoms with Gasteiger partial charge in [-0.15, -0.1) is 11.3 Å². The molecular weight excluding hydrogens is 484 g/mol. The summed E-state index contributed by atoms with van der Waals surface area (Å²) in [6.07, 6.45) is 0. The number of hydrogen-bond acceptors (Lipinski definition) is 3. The first-order valence-electron chi connectivity index (χ1n) is 12.2. The number of hydrogen-bond donors (Lipinski definition) is 0. The maximum Gasteiger partial charge on any atom is 0.288 e. The van der Waals surface area contributed by atoms with E-state index in [1.165, 1.54) is 11.3 Å². The molecule has 0 fully saturated rings. The molecule has 1 aromatic heterocycles. The highest BCUT2D eigenvalue weighted by Gasteiger charge is 2.46. The van der Waals surface area contributed by atoms with Crippen molar-refractivity contribution in [2.24, 2.45) is 0 Å². The van der Waals surface area contributed by atoms with Crippen molar-refractivity contribution in [3.05, 3.63) is 167 Å². The lowest BCUT2D eigenvalue weighted by atomic mass is 9.75. The molecule has 186 valence electrons. The van der Waals surface area contributed by atoms with Crippen molar-refractivity contribution in [1.82, 2.24) is 4.98 Å². The summed E-state index contributed by atoms with van der Waals surface area (Å²) < 4.78 is 0.989. The minimum Gasteiger partial charge on any atom is -0.288 e. The fourth-order valence-electron chi connectivity index (χ4n) is 5.02. The molecule has 6 aromatic rings. The molecule has 0 saturated carbocycles. The summed E-state index contributed by atoms with van der Waals surface area (Å²) in [5.74, 6) is -0.149. The average Bonchev–Trinajstić information content (AvgIpc) is 3.42. The number of benzene rings is 5. The average molecular weight is 513 g/mol. The van der Waals surface area contributed by atoms with Gasteiger partial charge in [-0.05, 0) is 41.0 Å². The molecule has 0 aliphatic rings. The van der Waals surface area contributed by atoms with Gasteiger partial charge in [0.2, 0.25) is 0 Å². The quantitative estimate of drug-likeness (QED) is 0.209. The van der Waals surface area contributed by atoms with Crippen molar-refractivity contribution < 1.29 is 4.79 Å². The van der Waals surface area contributed by atoms with Crippen molar-refractivity contribution >= 4 is 33.1 Å². The zero-order chi connectivity index (χ0) is 25.1. The van der Waals surface area contributed by atoms with E-state index in [1.54, 1.807) is 0 Å². The van der Waals surface area contributed by atoms with Gasteiger partial charge in [0.05, 0.1) is 10.2 Å². The van der Waals surface area contributed by atoms with Gasteiger partial charge < -0.3 is 0 Å². The summed E-state index contributed by atoms with van der Waals surface area (Å²) in [6.45, 7) is 0. The predicted octanol–water partition coefficient (Wildman–Crippen LogP) is 8.57. The van der Waals surface area contributed by atoms with Gasteiger partial charge in [-0.25, -0.2) is 4.98 Å². The Hall–Kier alpha value is -4.54. The topological polar surface area (TPSA) is 33.2 Å². The standard InChI is InChI=1S/C33H24N2OS.CH4/c36-32(31-34-29-23-13-14-24-30(29)37-31)35(28-21-11-4-12-22-28)33(25-15-5-1-6-16-25,26-17-7-2-8-18-26)27-19-9-3-10-20-27;/h1-24H;1H4. The Morgan fingerprint density at radius 2 is 1.00 bits per heavy atom. The number of anilines is 1. The summed E-state index contributed by atoms with van der Waals surface area (Å²) in [5.41, 5.74) is 3.65. The highest BCUT2D eigenvalue weighted by Crippen LogP contribution is 2.45. The van der Waals surface area contributed by atoms with Crippen molar-refractivity contribution in [3.8, 4) is 0 Å². The molecule has 1 amide bonds. The van der Waals surface area contributed by atoms with Crippen molar-refractivity contribution in [3.63, 3.8) is 0 Å². The molecule has 3 nitrogen and oxygen atoms in total. The lowest BCUT2D eigenvalue weighted by molar-refractivity contribution is 0.0968. The van der Waals surface area contributed by atoms with E-state index in [9.17, 15) is 4.79 Å². The van der Waals surface area contributed by atoms with Gasteiger partial charge in [0.1, 0.15) is 5.54 Å². The molecule has 0 aliphatic carbocycles. The minimum atomic E-state index is -0.944. The zero-order valence-corrected chi connectivity index (χ0v) is 20.9. The Kier molecular flexibility index (Phi) is 7.16. The second-order valence-electron chi connectivity index (χ2n) is 8.77. The fraction of sp³-hybridized carbons (Fsp3) is 0.0588. The number of carbonyl (C=O) groups excluding carboxylic acids is 1. The Balaban J connectivity index is 0.00000294. The molecule has 1 heterocycles. The van der Waals surface area contributed by atoms with Gasteiger partial charge in [0.25, 0.3) is 5.91 Å². The third-order valence-corrected chi connectivity index (χ3v) is 7.63. The Morgan fingerprint density at radius 1 is 0.579 bits per heavy atom. The molecule has 38 heavy (non-hydrogen) atoms. The van der Waals surface area contributed by atoms with Gasteiger partial charge in [0.15, 0.2) is 5.01 Å². The number of aromatic nitrogens is 1. The van der Waals surface area contributed by atoms with Crippen LogP contribution >= 0.6 is 11.3 Å². The second-order valence-corrected chi connectivity index (χ2v) is 9.80. The smallest absolute Gasteiger partial charge is 0.288 e. The first-order chi connectivity index (χ1) is 18.3. The predicted molar refractivity (Wildman–Crippen MR) is 159 cm³/mol. The van der Waals surface area contributed by atoms with E-state index in [-0.39, 0.29) is 13.3 Å². The Morgan fingerprint density at radius 3 is 1.47 bits per heavy atom. The van der Waals surface area contributed by atoms with E-state index < -0.39 is 5.54 Å². The number of thiazole rings is 1. The number of carbonyl (C=O) groups is 1. The van der Waals surface area contributed by atoms with Crippen LogP contribution in [-0.2, 0) is 5.54 Å². The maximum atomic E-state index is 14.8. The summed E-state index contributed by atoms with van der Waals surface area (Å²) in [6, 6.07) is 48.6. The van der Waals surface area contributed by atoms with Crippen LogP contribution in [0.3, 0.4) is 0 Å². The van der Waals surface area contributed by atoms with Crippen LogP contribution in [-0.4, -0.2) is 10.9 Å². The number of fused-ring (bicyclic) bond motifs is 1. The fourth-order valence-corrected chi connectivity index (χ4v) is 5.92. The molecule has 0 unspecified atom stereocenters. The van der Waals surface area contributed by atoms with Crippen LogP contribution in [0.25, 0.3) is 10.2 Å². The summed E-state index contributed by atoms with van der Waals surface area (Å²) in [7, 11) is 0. The van der Waals surface area contributed by atoms with E-state index in [2.05, 4.69) is 36.4 Å². The molecular formula is C34H28N2OS. The Bertz CT molecular complexity index is 1500. The summed E-state index contributed by atoms with van der Waals surface area (Å²) in [4.78, 5) is 21.5. The summed E-state index contributed by atoms with van der Waals surface area (Å²) >= 11 is 1.43. The largest absolute Gasteiger partial charge is 0.288 e. The van der Waals surface area contributed by atoms with Gasteiger partial charge in [-0.1, -0.05) is 129 Å². The van der Waals surface area contributed by atoms with Crippen LogP contribution in [0.1, 0.15) is 33.9 Å². The third-order valence-electron chi connectivity index (χ3n) is 6.60. The second kappa shape index (κ2) is 10.8. The normalized spacial score (nSPS) is 11.1.